The van der Waals surface area contributed by atoms with Crippen molar-refractivity contribution in [3.63, 3.8) is 0 Å². The molecule has 0 aromatic carbocycles. The largest absolute Gasteiger partial charge is 0.479 e. The molecule has 1 rings (SSSR count). The lowest BCUT2D eigenvalue weighted by Gasteiger charge is -2.04. The topological polar surface area (TPSA) is 55.8 Å². The van der Waals surface area contributed by atoms with Gasteiger partial charge >= 0.3 is 5.97 Å². The summed E-state index contributed by atoms with van der Waals surface area (Å²) in [7, 11) is 0. The summed E-state index contributed by atoms with van der Waals surface area (Å²) in [4.78, 5) is 10.4. The molecular formula is C6H10O4. The summed E-state index contributed by atoms with van der Waals surface area (Å²) >= 11 is 0. The third-order valence-electron chi connectivity index (χ3n) is 1.41. The second kappa shape index (κ2) is 2.56. The van der Waals surface area contributed by atoms with Gasteiger partial charge in [-0.05, 0) is 13.8 Å². The van der Waals surface area contributed by atoms with Crippen LogP contribution in [-0.2, 0) is 14.3 Å². The fourth-order valence-corrected chi connectivity index (χ4v) is 0.982. The van der Waals surface area contributed by atoms with Gasteiger partial charge in [-0.25, -0.2) is 4.79 Å². The third-order valence-corrected chi connectivity index (χ3v) is 1.41. The summed E-state index contributed by atoms with van der Waals surface area (Å²) in [6.45, 7) is 3.36. The lowest BCUT2D eigenvalue weighted by Crippen LogP contribution is -2.28. The van der Waals surface area contributed by atoms with Crippen molar-refractivity contribution in [2.75, 3.05) is 0 Å². The zero-order chi connectivity index (χ0) is 7.72. The van der Waals surface area contributed by atoms with Crippen LogP contribution in [0.25, 0.3) is 0 Å². The van der Waals surface area contributed by atoms with Crippen molar-refractivity contribution < 1.29 is 19.4 Å². The quantitative estimate of drug-likeness (QED) is 0.575. The molecule has 0 aliphatic carbocycles. The first kappa shape index (κ1) is 7.50. The molecule has 0 aromatic heterocycles. The van der Waals surface area contributed by atoms with Crippen LogP contribution in [0.3, 0.4) is 0 Å². The predicted octanol–water partition coefficient (Wildman–Crippen LogP) is 0.221. The summed E-state index contributed by atoms with van der Waals surface area (Å²) in [6, 6.07) is 0. The maximum Gasteiger partial charge on any atom is 0.335 e. The van der Waals surface area contributed by atoms with Gasteiger partial charge in [0, 0.05) is 0 Å². The fraction of sp³-hybridized carbons (Fsp3) is 0.833. The Morgan fingerprint density at radius 1 is 1.40 bits per heavy atom. The molecule has 0 radical (unpaired) electrons. The van der Waals surface area contributed by atoms with Crippen LogP contribution in [0, 0.1) is 0 Å². The molecule has 0 bridgehead atoms. The summed E-state index contributed by atoms with van der Waals surface area (Å²) in [5.74, 6) is -0.961. The van der Waals surface area contributed by atoms with Gasteiger partial charge < -0.3 is 14.6 Å². The standard InChI is InChI=1S/C6H10O4/c1-3-5(6(7)8)10-4(2)9-3/h3-5H,1-2H3,(H,7,8)/t3-,4?,5+/m1/s1. The fourth-order valence-electron chi connectivity index (χ4n) is 0.982. The Hall–Kier alpha value is -0.610. The first-order chi connectivity index (χ1) is 4.61. The maximum atomic E-state index is 10.4. The van der Waals surface area contributed by atoms with E-state index < -0.39 is 18.4 Å². The van der Waals surface area contributed by atoms with E-state index in [4.69, 9.17) is 14.6 Å². The zero-order valence-electron chi connectivity index (χ0n) is 5.90. The molecule has 1 heterocycles. The van der Waals surface area contributed by atoms with Gasteiger partial charge in [-0.2, -0.15) is 0 Å². The van der Waals surface area contributed by atoms with E-state index in [0.29, 0.717) is 0 Å². The molecule has 4 nitrogen and oxygen atoms in total. The Bertz CT molecular complexity index is 145. The smallest absolute Gasteiger partial charge is 0.335 e. The van der Waals surface area contributed by atoms with Crippen LogP contribution >= 0.6 is 0 Å². The van der Waals surface area contributed by atoms with Gasteiger partial charge in [0.05, 0.1) is 6.10 Å². The molecule has 1 aliphatic rings. The number of ether oxygens (including phenoxy) is 2. The van der Waals surface area contributed by atoms with Crippen molar-refractivity contribution in [2.45, 2.75) is 32.3 Å². The number of carboxylic acids is 1. The van der Waals surface area contributed by atoms with Gasteiger partial charge in [0.15, 0.2) is 12.4 Å². The first-order valence-corrected chi connectivity index (χ1v) is 3.15. The van der Waals surface area contributed by atoms with E-state index in [1.165, 1.54) is 0 Å². The Morgan fingerprint density at radius 3 is 2.20 bits per heavy atom. The molecule has 1 fully saturated rings. The molecule has 1 N–H and O–H groups in total. The molecule has 1 unspecified atom stereocenters. The monoisotopic (exact) mass is 146 g/mol. The van der Waals surface area contributed by atoms with Crippen LogP contribution < -0.4 is 0 Å². The second-order valence-electron chi connectivity index (χ2n) is 2.30. The molecular weight excluding hydrogens is 136 g/mol. The molecule has 0 amide bonds. The van der Waals surface area contributed by atoms with Crippen LogP contribution in [0.1, 0.15) is 13.8 Å². The van der Waals surface area contributed by atoms with Gasteiger partial charge in [-0.1, -0.05) is 0 Å². The molecule has 10 heavy (non-hydrogen) atoms. The van der Waals surface area contributed by atoms with Gasteiger partial charge in [0.25, 0.3) is 0 Å². The molecule has 1 aliphatic heterocycles. The Labute approximate surface area is 58.7 Å². The van der Waals surface area contributed by atoms with Crippen molar-refractivity contribution in [3.8, 4) is 0 Å². The normalized spacial score (nSPS) is 40.0. The van der Waals surface area contributed by atoms with E-state index in [9.17, 15) is 4.79 Å². The van der Waals surface area contributed by atoms with Gasteiger partial charge in [-0.15, -0.1) is 0 Å². The third kappa shape index (κ3) is 1.27. The van der Waals surface area contributed by atoms with E-state index in [-0.39, 0.29) is 6.10 Å². The number of hydrogen-bond donors (Lipinski definition) is 1. The number of carbonyl (C=O) groups is 1. The lowest BCUT2D eigenvalue weighted by atomic mass is 10.2. The van der Waals surface area contributed by atoms with Crippen molar-refractivity contribution in [1.29, 1.82) is 0 Å². The Kier molecular flexibility index (Phi) is 1.92. The Morgan fingerprint density at radius 2 is 2.00 bits per heavy atom. The van der Waals surface area contributed by atoms with Gasteiger partial charge in [0.1, 0.15) is 0 Å². The SMILES string of the molecule is CC1O[C@H](C(=O)O)[C@@H](C)O1. The predicted molar refractivity (Wildman–Crippen MR) is 32.5 cm³/mol. The van der Waals surface area contributed by atoms with Crippen LogP contribution in [0.2, 0.25) is 0 Å². The van der Waals surface area contributed by atoms with Crippen LogP contribution in [0.4, 0.5) is 0 Å². The minimum absolute atomic E-state index is 0.340. The zero-order valence-corrected chi connectivity index (χ0v) is 5.90. The van der Waals surface area contributed by atoms with E-state index in [0.717, 1.165) is 0 Å². The summed E-state index contributed by atoms with van der Waals surface area (Å²) in [6.07, 6.45) is -1.53. The maximum absolute atomic E-state index is 10.4. The van der Waals surface area contributed by atoms with Crippen LogP contribution in [-0.4, -0.2) is 29.6 Å². The molecule has 0 aromatic rings. The molecule has 0 spiro atoms. The minimum Gasteiger partial charge on any atom is -0.479 e. The highest BCUT2D eigenvalue weighted by Gasteiger charge is 2.35. The summed E-state index contributed by atoms with van der Waals surface area (Å²) in [5, 5.41) is 8.50. The van der Waals surface area contributed by atoms with E-state index >= 15 is 0 Å². The molecule has 4 heteroatoms. The van der Waals surface area contributed by atoms with Crippen LogP contribution in [0.5, 0.6) is 0 Å². The van der Waals surface area contributed by atoms with Gasteiger partial charge in [0.2, 0.25) is 0 Å². The van der Waals surface area contributed by atoms with Crippen molar-refractivity contribution in [1.82, 2.24) is 0 Å². The second-order valence-corrected chi connectivity index (χ2v) is 2.30. The van der Waals surface area contributed by atoms with Gasteiger partial charge in [-0.3, -0.25) is 0 Å². The highest BCUT2D eigenvalue weighted by atomic mass is 16.7. The molecule has 3 atom stereocenters. The van der Waals surface area contributed by atoms with E-state index in [1.807, 2.05) is 0 Å². The number of rotatable bonds is 1. The number of carboxylic acid groups (broad SMARTS) is 1. The van der Waals surface area contributed by atoms with E-state index in [1.54, 1.807) is 13.8 Å². The van der Waals surface area contributed by atoms with E-state index in [2.05, 4.69) is 0 Å². The van der Waals surface area contributed by atoms with Crippen molar-refractivity contribution >= 4 is 5.97 Å². The highest BCUT2D eigenvalue weighted by molar-refractivity contribution is 5.73. The van der Waals surface area contributed by atoms with Crippen molar-refractivity contribution in [2.24, 2.45) is 0 Å². The lowest BCUT2D eigenvalue weighted by molar-refractivity contribution is -0.150. The molecule has 1 saturated heterocycles. The van der Waals surface area contributed by atoms with Crippen LogP contribution in [0.15, 0.2) is 0 Å². The first-order valence-electron chi connectivity index (χ1n) is 3.15. The highest BCUT2D eigenvalue weighted by Crippen LogP contribution is 2.17. The molecule has 0 saturated carbocycles. The summed E-state index contributed by atoms with van der Waals surface area (Å²) in [5.41, 5.74) is 0. The number of hydrogen-bond acceptors (Lipinski definition) is 3. The molecule has 58 valence electrons. The number of aliphatic carboxylic acids is 1. The average Bonchev–Trinajstić information content (AvgIpc) is 2.10. The Balaban J connectivity index is 2.54. The van der Waals surface area contributed by atoms with Crippen molar-refractivity contribution in [3.05, 3.63) is 0 Å². The summed E-state index contributed by atoms with van der Waals surface area (Å²) < 4.78 is 9.95. The average molecular weight is 146 g/mol. The minimum atomic E-state index is -0.961.